The highest BCUT2D eigenvalue weighted by Crippen LogP contribution is 2.33. The van der Waals surface area contributed by atoms with Gasteiger partial charge in [-0.2, -0.15) is 0 Å². The summed E-state index contributed by atoms with van der Waals surface area (Å²) in [4.78, 5) is 27.3. The lowest BCUT2D eigenvalue weighted by Gasteiger charge is -2.23. The van der Waals surface area contributed by atoms with Crippen molar-refractivity contribution in [2.45, 2.75) is 26.2 Å². The van der Waals surface area contributed by atoms with Crippen molar-refractivity contribution >= 4 is 11.6 Å². The third-order valence-corrected chi connectivity index (χ3v) is 4.29. The Labute approximate surface area is 157 Å². The van der Waals surface area contributed by atoms with Gasteiger partial charge in [0.05, 0.1) is 5.69 Å². The number of carbonyl (C=O) groups excluding carboxylic acids is 1. The van der Waals surface area contributed by atoms with E-state index in [0.29, 0.717) is 22.3 Å². The van der Waals surface area contributed by atoms with Crippen molar-refractivity contribution in [3.63, 3.8) is 0 Å². The van der Waals surface area contributed by atoms with Crippen LogP contribution in [-0.2, 0) is 5.41 Å². The number of aromatic nitrogens is 1. The summed E-state index contributed by atoms with van der Waals surface area (Å²) in [5.41, 5.74) is 1.08. The Morgan fingerprint density at radius 2 is 1.74 bits per heavy atom. The van der Waals surface area contributed by atoms with Crippen molar-refractivity contribution in [1.82, 2.24) is 4.98 Å². The molecule has 5 heteroatoms. The van der Waals surface area contributed by atoms with Crippen molar-refractivity contribution in [2.75, 3.05) is 5.32 Å². The molecule has 0 saturated heterocycles. The van der Waals surface area contributed by atoms with Crippen molar-refractivity contribution in [3.8, 4) is 11.1 Å². The zero-order chi connectivity index (χ0) is 19.6. The molecule has 4 nitrogen and oxygen atoms in total. The van der Waals surface area contributed by atoms with E-state index >= 15 is 4.39 Å². The Hall–Kier alpha value is -3.21. The third-order valence-electron chi connectivity index (χ3n) is 4.29. The summed E-state index contributed by atoms with van der Waals surface area (Å²) in [5.74, 6) is -0.906. The number of pyridine rings is 1. The number of H-pyrrole nitrogens is 1. The van der Waals surface area contributed by atoms with Crippen molar-refractivity contribution in [1.29, 1.82) is 0 Å². The van der Waals surface area contributed by atoms with Gasteiger partial charge >= 0.3 is 0 Å². The molecule has 0 unspecified atom stereocenters. The molecule has 0 bridgehead atoms. The molecular weight excluding hydrogens is 343 g/mol. The van der Waals surface area contributed by atoms with Gasteiger partial charge in [-0.3, -0.25) is 9.59 Å². The molecule has 0 radical (unpaired) electrons. The number of carbonyl (C=O) groups is 1. The first-order valence-electron chi connectivity index (χ1n) is 8.66. The fourth-order valence-corrected chi connectivity index (χ4v) is 2.85. The number of halogens is 1. The Kier molecular flexibility index (Phi) is 4.95. The molecule has 2 aromatic carbocycles. The second-order valence-electron chi connectivity index (χ2n) is 7.37. The number of nitrogens with one attached hydrogen (secondary N) is 2. The third kappa shape index (κ3) is 3.97. The highest BCUT2D eigenvalue weighted by atomic mass is 19.1. The van der Waals surface area contributed by atoms with Crippen molar-refractivity contribution < 1.29 is 9.18 Å². The molecule has 138 valence electrons. The predicted molar refractivity (Wildman–Crippen MR) is 106 cm³/mol. The van der Waals surface area contributed by atoms with Gasteiger partial charge in [0, 0.05) is 17.3 Å². The molecular formula is C22H21FN2O2. The number of hydrogen-bond acceptors (Lipinski definition) is 2. The lowest BCUT2D eigenvalue weighted by Crippen LogP contribution is -2.19. The highest BCUT2D eigenvalue weighted by molar-refractivity contribution is 6.04. The predicted octanol–water partition coefficient (Wildman–Crippen LogP) is 4.73. The minimum absolute atomic E-state index is 0.0505. The number of amides is 1. The van der Waals surface area contributed by atoms with E-state index in [-0.39, 0.29) is 11.2 Å². The first kappa shape index (κ1) is 18.6. The van der Waals surface area contributed by atoms with E-state index in [1.54, 1.807) is 48.5 Å². The molecule has 0 atom stereocenters. The maximum absolute atomic E-state index is 15.1. The molecule has 0 aliphatic carbocycles. The molecule has 0 aliphatic heterocycles. The van der Waals surface area contributed by atoms with Gasteiger partial charge in [-0.25, -0.2) is 4.39 Å². The summed E-state index contributed by atoms with van der Waals surface area (Å²) in [5, 5.41) is 2.64. The Balaban J connectivity index is 2.13. The topological polar surface area (TPSA) is 62.0 Å². The highest BCUT2D eigenvalue weighted by Gasteiger charge is 2.23. The summed E-state index contributed by atoms with van der Waals surface area (Å²) in [6.07, 6.45) is 1.54. The number of aromatic amines is 1. The van der Waals surface area contributed by atoms with Crippen LogP contribution in [0.25, 0.3) is 11.1 Å². The average Bonchev–Trinajstić information content (AvgIpc) is 2.63. The zero-order valence-corrected chi connectivity index (χ0v) is 15.5. The molecule has 2 N–H and O–H groups in total. The quantitative estimate of drug-likeness (QED) is 0.706. The van der Waals surface area contributed by atoms with Crippen molar-refractivity contribution in [2.24, 2.45) is 0 Å². The van der Waals surface area contributed by atoms with Gasteiger partial charge in [-0.05, 0) is 52.9 Å². The maximum Gasteiger partial charge on any atom is 0.255 e. The van der Waals surface area contributed by atoms with Crippen LogP contribution >= 0.6 is 0 Å². The first-order chi connectivity index (χ1) is 12.8. The van der Waals surface area contributed by atoms with Crippen LogP contribution in [0, 0.1) is 5.82 Å². The lowest BCUT2D eigenvalue weighted by atomic mass is 9.84. The second kappa shape index (κ2) is 7.19. The number of anilines is 1. The molecule has 0 spiro atoms. The van der Waals surface area contributed by atoms with Crippen LogP contribution in [0.2, 0.25) is 0 Å². The normalized spacial score (nSPS) is 11.3. The van der Waals surface area contributed by atoms with Gasteiger partial charge in [0.2, 0.25) is 0 Å². The smallest absolute Gasteiger partial charge is 0.255 e. The first-order valence-corrected chi connectivity index (χ1v) is 8.66. The Bertz CT molecular complexity index is 1030. The van der Waals surface area contributed by atoms with Gasteiger partial charge in [0.25, 0.3) is 11.5 Å². The summed E-state index contributed by atoms with van der Waals surface area (Å²) >= 11 is 0. The van der Waals surface area contributed by atoms with E-state index in [1.807, 2.05) is 20.8 Å². The minimum atomic E-state index is -0.506. The number of benzene rings is 2. The standard InChI is InChI=1S/C22H21FN2O2/c1-22(2,3)17-12-15(16-10-7-11-24-21(16)27)13-18(19(17)23)25-20(26)14-8-5-4-6-9-14/h4-13H,1-3H3,(H,24,27)(H,25,26). The van der Waals surface area contributed by atoms with E-state index in [1.165, 1.54) is 12.3 Å². The van der Waals surface area contributed by atoms with Crippen LogP contribution in [0.4, 0.5) is 10.1 Å². The van der Waals surface area contributed by atoms with E-state index in [9.17, 15) is 9.59 Å². The fourth-order valence-electron chi connectivity index (χ4n) is 2.85. The second-order valence-corrected chi connectivity index (χ2v) is 7.37. The van der Waals surface area contributed by atoms with Gasteiger partial charge < -0.3 is 10.3 Å². The fraction of sp³-hybridized carbons (Fsp3) is 0.182. The van der Waals surface area contributed by atoms with Crippen LogP contribution < -0.4 is 10.9 Å². The van der Waals surface area contributed by atoms with Gasteiger partial charge in [-0.15, -0.1) is 0 Å². The monoisotopic (exact) mass is 364 g/mol. The molecule has 27 heavy (non-hydrogen) atoms. The SMILES string of the molecule is CC(C)(C)c1cc(-c2ccc[nH]c2=O)cc(NC(=O)c2ccccc2)c1F. The summed E-state index contributed by atoms with van der Waals surface area (Å²) < 4.78 is 15.1. The largest absolute Gasteiger partial charge is 0.329 e. The van der Waals surface area contributed by atoms with Crippen LogP contribution in [0.1, 0.15) is 36.7 Å². The van der Waals surface area contributed by atoms with Crippen molar-refractivity contribution in [3.05, 3.63) is 88.1 Å². The molecule has 3 aromatic rings. The molecule has 1 amide bonds. The maximum atomic E-state index is 15.1. The average molecular weight is 364 g/mol. The van der Waals surface area contributed by atoms with Gasteiger partial charge in [0.1, 0.15) is 5.82 Å². The lowest BCUT2D eigenvalue weighted by molar-refractivity contribution is 0.102. The van der Waals surface area contributed by atoms with E-state index < -0.39 is 17.1 Å². The summed E-state index contributed by atoms with van der Waals surface area (Å²) in [7, 11) is 0. The van der Waals surface area contributed by atoms with E-state index in [2.05, 4.69) is 10.3 Å². The van der Waals surface area contributed by atoms with Crippen LogP contribution in [0.5, 0.6) is 0 Å². The van der Waals surface area contributed by atoms with Gasteiger partial charge in [0.15, 0.2) is 0 Å². The van der Waals surface area contributed by atoms with Crippen LogP contribution in [-0.4, -0.2) is 10.9 Å². The molecule has 1 heterocycles. The molecule has 0 aliphatic rings. The number of rotatable bonds is 3. The Morgan fingerprint density at radius 3 is 2.37 bits per heavy atom. The molecule has 0 fully saturated rings. The van der Waals surface area contributed by atoms with E-state index in [4.69, 9.17) is 0 Å². The Morgan fingerprint density at radius 1 is 1.04 bits per heavy atom. The van der Waals surface area contributed by atoms with E-state index in [0.717, 1.165) is 0 Å². The number of hydrogen-bond donors (Lipinski definition) is 2. The summed E-state index contributed by atoms with van der Waals surface area (Å²) in [6.45, 7) is 5.65. The molecule has 0 saturated carbocycles. The minimum Gasteiger partial charge on any atom is -0.329 e. The zero-order valence-electron chi connectivity index (χ0n) is 15.5. The summed E-state index contributed by atoms with van der Waals surface area (Å²) in [6, 6.07) is 15.1. The molecule has 1 aromatic heterocycles. The molecule has 3 rings (SSSR count). The van der Waals surface area contributed by atoms with Crippen LogP contribution in [0.3, 0.4) is 0 Å². The van der Waals surface area contributed by atoms with Gasteiger partial charge in [-0.1, -0.05) is 39.0 Å². The van der Waals surface area contributed by atoms with Crippen LogP contribution in [0.15, 0.2) is 65.6 Å².